The van der Waals surface area contributed by atoms with E-state index in [1.165, 1.54) is 24.4 Å². The molecule has 1 aromatic carbocycles. The Morgan fingerprint density at radius 3 is 2.71 bits per heavy atom. The molecule has 2 aromatic rings. The molecule has 1 N–H and O–H groups in total. The summed E-state index contributed by atoms with van der Waals surface area (Å²) in [7, 11) is 0. The predicted octanol–water partition coefficient (Wildman–Crippen LogP) is 3.55. The van der Waals surface area contributed by atoms with Crippen LogP contribution in [0.1, 0.15) is 36.9 Å². The third kappa shape index (κ3) is 4.74. The summed E-state index contributed by atoms with van der Waals surface area (Å²) in [6, 6.07) is 6.67. The van der Waals surface area contributed by atoms with Gasteiger partial charge in [0.1, 0.15) is 11.9 Å². The summed E-state index contributed by atoms with van der Waals surface area (Å²) in [5.41, 5.74) is 0.821. The summed E-state index contributed by atoms with van der Waals surface area (Å²) in [5.74, 6) is -0.919. The molecule has 1 saturated heterocycles. The van der Waals surface area contributed by atoms with Crippen LogP contribution in [0.25, 0.3) is 0 Å². The number of nitrogens with one attached hydrogen (secondary N) is 1. The van der Waals surface area contributed by atoms with E-state index < -0.39 is 11.6 Å². The number of ether oxygens (including phenoxy) is 1. The van der Waals surface area contributed by atoms with E-state index in [-0.39, 0.29) is 29.5 Å². The van der Waals surface area contributed by atoms with E-state index in [2.05, 4.69) is 10.3 Å². The molecular formula is C20H20F2N4O2. The molecule has 6 nitrogen and oxygen atoms in total. The Labute approximate surface area is 161 Å². The number of amides is 2. The maximum atomic E-state index is 13.9. The second-order valence-corrected chi connectivity index (χ2v) is 6.67. The van der Waals surface area contributed by atoms with Gasteiger partial charge >= 0.3 is 6.03 Å². The first kappa shape index (κ1) is 19.5. The SMILES string of the molecule is C[C@H](NC(=O)N1CCC(Oc2ccc(C#N)cc2F)CC1)c1cncc(F)c1. The van der Waals surface area contributed by atoms with Gasteiger partial charge in [-0.1, -0.05) is 0 Å². The maximum absolute atomic E-state index is 13.9. The Bertz CT molecular complexity index is 892. The second kappa shape index (κ2) is 8.65. The smallest absolute Gasteiger partial charge is 0.317 e. The minimum absolute atomic E-state index is 0.106. The van der Waals surface area contributed by atoms with Gasteiger partial charge in [0.2, 0.25) is 0 Å². The fourth-order valence-electron chi connectivity index (χ4n) is 3.05. The van der Waals surface area contributed by atoms with Crippen LogP contribution >= 0.6 is 0 Å². The molecule has 0 spiro atoms. The van der Waals surface area contributed by atoms with Crippen molar-refractivity contribution in [1.82, 2.24) is 15.2 Å². The highest BCUT2D eigenvalue weighted by Gasteiger charge is 2.25. The van der Waals surface area contributed by atoms with Gasteiger partial charge in [0.15, 0.2) is 11.6 Å². The van der Waals surface area contributed by atoms with Gasteiger partial charge in [0, 0.05) is 32.1 Å². The topological polar surface area (TPSA) is 78.3 Å². The zero-order valence-electron chi connectivity index (χ0n) is 15.4. The molecular weight excluding hydrogens is 366 g/mol. The van der Waals surface area contributed by atoms with Crippen LogP contribution in [0.15, 0.2) is 36.7 Å². The number of aromatic nitrogens is 1. The van der Waals surface area contributed by atoms with Gasteiger partial charge in [-0.05, 0) is 36.8 Å². The minimum Gasteiger partial charge on any atom is -0.487 e. The number of hydrogen-bond donors (Lipinski definition) is 1. The lowest BCUT2D eigenvalue weighted by Gasteiger charge is -2.33. The molecule has 146 valence electrons. The summed E-state index contributed by atoms with van der Waals surface area (Å²) >= 11 is 0. The highest BCUT2D eigenvalue weighted by Crippen LogP contribution is 2.23. The van der Waals surface area contributed by atoms with Crippen LogP contribution in [0.4, 0.5) is 13.6 Å². The maximum Gasteiger partial charge on any atom is 0.317 e. The van der Waals surface area contributed by atoms with Crippen molar-refractivity contribution >= 4 is 6.03 Å². The summed E-state index contributed by atoms with van der Waals surface area (Å²) in [6.07, 6.45) is 3.53. The van der Waals surface area contributed by atoms with Crippen LogP contribution in [0, 0.1) is 23.0 Å². The van der Waals surface area contributed by atoms with Gasteiger partial charge in [0.25, 0.3) is 0 Å². The molecule has 2 heterocycles. The number of nitrogens with zero attached hydrogens (tertiary/aromatic N) is 3. The van der Waals surface area contributed by atoms with Gasteiger partial charge in [-0.3, -0.25) is 4.98 Å². The van der Waals surface area contributed by atoms with Crippen LogP contribution in [0.5, 0.6) is 5.75 Å². The molecule has 1 fully saturated rings. The standard InChI is InChI=1S/C20H20F2N4O2/c1-13(15-9-16(21)12-24-11-15)25-20(27)26-6-4-17(5-7-26)28-19-3-2-14(10-23)8-18(19)22/h2-3,8-9,11-13,17H,4-7H2,1H3,(H,25,27)/t13-/m0/s1. The van der Waals surface area contributed by atoms with Crippen molar-refractivity contribution in [1.29, 1.82) is 5.26 Å². The Kier molecular flexibility index (Phi) is 6.04. The number of pyridine rings is 1. The molecule has 28 heavy (non-hydrogen) atoms. The third-order valence-electron chi connectivity index (χ3n) is 4.65. The van der Waals surface area contributed by atoms with E-state index in [1.807, 2.05) is 6.07 Å². The lowest BCUT2D eigenvalue weighted by atomic mass is 10.1. The summed E-state index contributed by atoms with van der Waals surface area (Å²) in [4.78, 5) is 17.9. The lowest BCUT2D eigenvalue weighted by molar-refractivity contribution is 0.107. The van der Waals surface area contributed by atoms with Crippen LogP contribution < -0.4 is 10.1 Å². The van der Waals surface area contributed by atoms with Crippen molar-refractivity contribution in [3.8, 4) is 11.8 Å². The number of carbonyl (C=O) groups is 1. The highest BCUT2D eigenvalue weighted by atomic mass is 19.1. The van der Waals surface area contributed by atoms with Gasteiger partial charge < -0.3 is 15.0 Å². The summed E-state index contributed by atoms with van der Waals surface area (Å²) in [6.45, 7) is 2.68. The lowest BCUT2D eigenvalue weighted by Crippen LogP contribution is -2.47. The quantitative estimate of drug-likeness (QED) is 0.872. The van der Waals surface area contributed by atoms with Crippen LogP contribution in [0.3, 0.4) is 0 Å². The number of halogens is 2. The molecule has 0 bridgehead atoms. The van der Waals surface area contributed by atoms with Crippen molar-refractivity contribution in [3.05, 3.63) is 59.4 Å². The van der Waals surface area contributed by atoms with Gasteiger partial charge in [-0.25, -0.2) is 13.6 Å². The zero-order valence-corrected chi connectivity index (χ0v) is 15.4. The first-order valence-electron chi connectivity index (χ1n) is 8.98. The van der Waals surface area contributed by atoms with Crippen LogP contribution in [-0.2, 0) is 0 Å². The highest BCUT2D eigenvalue weighted by molar-refractivity contribution is 5.74. The Hall–Kier alpha value is -3.21. The van der Waals surface area contributed by atoms with E-state index in [4.69, 9.17) is 10.00 Å². The van der Waals surface area contributed by atoms with Gasteiger partial charge in [0.05, 0.1) is 23.9 Å². The molecule has 0 saturated carbocycles. The molecule has 1 aromatic heterocycles. The molecule has 1 aliphatic rings. The Morgan fingerprint density at radius 1 is 1.32 bits per heavy atom. The van der Waals surface area contributed by atoms with Gasteiger partial charge in [-0.2, -0.15) is 5.26 Å². The van der Waals surface area contributed by atoms with Crippen molar-refractivity contribution in [2.75, 3.05) is 13.1 Å². The van der Waals surface area contributed by atoms with Crippen molar-refractivity contribution in [2.24, 2.45) is 0 Å². The average molecular weight is 386 g/mol. The number of piperidine rings is 1. The zero-order chi connectivity index (χ0) is 20.1. The largest absolute Gasteiger partial charge is 0.487 e. The molecule has 3 rings (SSSR count). The molecule has 2 amide bonds. The number of nitriles is 1. The number of hydrogen-bond acceptors (Lipinski definition) is 4. The predicted molar refractivity (Wildman–Crippen MR) is 97.5 cm³/mol. The molecule has 0 radical (unpaired) electrons. The molecule has 0 unspecified atom stereocenters. The Morgan fingerprint density at radius 2 is 2.07 bits per heavy atom. The first-order valence-corrected chi connectivity index (χ1v) is 8.98. The van der Waals surface area contributed by atoms with Crippen LogP contribution in [-0.4, -0.2) is 35.1 Å². The molecule has 0 aliphatic carbocycles. The number of benzene rings is 1. The first-order chi connectivity index (χ1) is 13.5. The second-order valence-electron chi connectivity index (χ2n) is 6.67. The van der Waals surface area contributed by atoms with E-state index in [0.717, 1.165) is 12.3 Å². The van der Waals surface area contributed by atoms with E-state index in [1.54, 1.807) is 11.8 Å². The van der Waals surface area contributed by atoms with Crippen molar-refractivity contribution in [3.63, 3.8) is 0 Å². The third-order valence-corrected chi connectivity index (χ3v) is 4.65. The summed E-state index contributed by atoms with van der Waals surface area (Å²) in [5, 5.41) is 11.6. The van der Waals surface area contributed by atoms with Crippen molar-refractivity contribution < 1.29 is 18.3 Å². The number of urea groups is 1. The fourth-order valence-corrected chi connectivity index (χ4v) is 3.05. The van der Waals surface area contributed by atoms with Crippen LogP contribution in [0.2, 0.25) is 0 Å². The number of rotatable bonds is 4. The molecule has 1 aliphatic heterocycles. The number of carbonyl (C=O) groups excluding carboxylic acids is 1. The van der Waals surface area contributed by atoms with E-state index in [0.29, 0.717) is 31.5 Å². The monoisotopic (exact) mass is 386 g/mol. The molecule has 1 atom stereocenters. The fraction of sp³-hybridized carbons (Fsp3) is 0.350. The average Bonchev–Trinajstić information content (AvgIpc) is 2.70. The minimum atomic E-state index is -0.572. The number of likely N-dealkylation sites (tertiary alicyclic amines) is 1. The Balaban J connectivity index is 1.51. The van der Waals surface area contributed by atoms with Crippen molar-refractivity contribution in [2.45, 2.75) is 31.9 Å². The van der Waals surface area contributed by atoms with E-state index in [9.17, 15) is 13.6 Å². The summed E-state index contributed by atoms with van der Waals surface area (Å²) < 4.78 is 32.9. The molecule has 8 heteroatoms. The van der Waals surface area contributed by atoms with Gasteiger partial charge in [-0.15, -0.1) is 0 Å². The normalized spacial score (nSPS) is 15.6. The van der Waals surface area contributed by atoms with E-state index >= 15 is 0 Å².